The monoisotopic (exact) mass is 314 g/mol. The zero-order chi connectivity index (χ0) is 16.7. The van der Waals surface area contributed by atoms with Crippen molar-refractivity contribution in [3.63, 3.8) is 0 Å². The Morgan fingerprint density at radius 1 is 1.09 bits per heavy atom. The fourth-order valence-corrected chi connectivity index (χ4v) is 3.25. The van der Waals surface area contributed by atoms with Crippen LogP contribution in [0, 0.1) is 0 Å². The van der Waals surface area contributed by atoms with Crippen molar-refractivity contribution in [1.29, 1.82) is 0 Å². The summed E-state index contributed by atoms with van der Waals surface area (Å²) < 4.78 is 16.4. The lowest BCUT2D eigenvalue weighted by atomic mass is 9.76. The normalized spacial score (nSPS) is 23.8. The maximum atomic E-state index is 13.0. The van der Waals surface area contributed by atoms with Gasteiger partial charge in [-0.1, -0.05) is 11.6 Å². The number of ketones is 2. The van der Waals surface area contributed by atoms with Crippen molar-refractivity contribution in [2.75, 3.05) is 21.3 Å². The van der Waals surface area contributed by atoms with Gasteiger partial charge in [-0.2, -0.15) is 0 Å². The highest BCUT2D eigenvalue weighted by atomic mass is 16.5. The van der Waals surface area contributed by atoms with Gasteiger partial charge in [0, 0.05) is 24.7 Å². The highest BCUT2D eigenvalue weighted by Gasteiger charge is 2.42. The fourth-order valence-electron chi connectivity index (χ4n) is 3.25. The molecule has 1 atom stereocenters. The van der Waals surface area contributed by atoms with E-state index in [1.807, 2.05) is 13.0 Å². The number of carbonyl (C=O) groups is 2. The molecule has 0 fully saturated rings. The molecule has 120 valence electrons. The van der Waals surface area contributed by atoms with Crippen molar-refractivity contribution in [3.8, 4) is 0 Å². The zero-order valence-electron chi connectivity index (χ0n) is 13.6. The summed E-state index contributed by atoms with van der Waals surface area (Å²) in [5.41, 5.74) is 2.57. The number of carbonyl (C=O) groups excluding carboxylic acids is 2. The predicted molar refractivity (Wildman–Crippen MR) is 83.4 cm³/mol. The highest BCUT2D eigenvalue weighted by molar-refractivity contribution is 6.31. The second-order valence-corrected chi connectivity index (χ2v) is 5.61. The van der Waals surface area contributed by atoms with Crippen molar-refractivity contribution in [1.82, 2.24) is 0 Å². The Morgan fingerprint density at radius 3 is 2.43 bits per heavy atom. The summed E-state index contributed by atoms with van der Waals surface area (Å²) in [6.07, 6.45) is 5.15. The Morgan fingerprint density at radius 2 is 1.83 bits per heavy atom. The standard InChI is InChI=1S/C18H18O5/c1-9-7-10-14(11(19)8-9)17(20)15-12(21-2)5-6-13(22-3)16(15)18(10)23-4/h5-7,13H,8H2,1-4H3. The van der Waals surface area contributed by atoms with E-state index in [4.69, 9.17) is 14.2 Å². The quantitative estimate of drug-likeness (QED) is 0.747. The minimum Gasteiger partial charge on any atom is -0.496 e. The van der Waals surface area contributed by atoms with Gasteiger partial charge in [0.2, 0.25) is 5.78 Å². The van der Waals surface area contributed by atoms with Crippen molar-refractivity contribution >= 4 is 11.6 Å². The zero-order valence-corrected chi connectivity index (χ0v) is 13.6. The van der Waals surface area contributed by atoms with Crippen molar-refractivity contribution in [2.45, 2.75) is 19.4 Å². The van der Waals surface area contributed by atoms with Gasteiger partial charge in [-0.3, -0.25) is 9.59 Å². The third-order valence-corrected chi connectivity index (χ3v) is 4.22. The average Bonchev–Trinajstić information content (AvgIpc) is 2.53. The van der Waals surface area contributed by atoms with Crippen LogP contribution in [0.2, 0.25) is 0 Å². The lowest BCUT2D eigenvalue weighted by Gasteiger charge is -2.32. The molecule has 0 heterocycles. The Balaban J connectivity index is 2.35. The SMILES string of the molecule is COC1=C2C(=O)C3=C(C=C(C)CC3=O)C(OC)=C2C(OC)C=C1. The van der Waals surface area contributed by atoms with Crippen LogP contribution in [0.15, 0.2) is 57.6 Å². The molecule has 0 radical (unpaired) electrons. The molecular formula is C18H18O5. The molecule has 0 aromatic rings. The molecule has 0 aromatic heterocycles. The van der Waals surface area contributed by atoms with Crippen LogP contribution in [-0.2, 0) is 23.8 Å². The van der Waals surface area contributed by atoms with Crippen LogP contribution in [-0.4, -0.2) is 39.0 Å². The molecule has 3 aliphatic carbocycles. The van der Waals surface area contributed by atoms with E-state index in [-0.39, 0.29) is 23.6 Å². The summed E-state index contributed by atoms with van der Waals surface area (Å²) in [4.78, 5) is 25.4. The highest BCUT2D eigenvalue weighted by Crippen LogP contribution is 2.42. The summed E-state index contributed by atoms with van der Waals surface area (Å²) in [5.74, 6) is 0.393. The number of hydrogen-bond acceptors (Lipinski definition) is 5. The Labute approximate surface area is 134 Å². The third kappa shape index (κ3) is 2.19. The molecule has 3 rings (SSSR count). The topological polar surface area (TPSA) is 61.8 Å². The van der Waals surface area contributed by atoms with E-state index >= 15 is 0 Å². The van der Waals surface area contributed by atoms with E-state index in [2.05, 4.69) is 0 Å². The minimum absolute atomic E-state index is 0.172. The number of ether oxygens (including phenoxy) is 3. The van der Waals surface area contributed by atoms with E-state index in [9.17, 15) is 9.59 Å². The van der Waals surface area contributed by atoms with Crippen molar-refractivity contribution in [3.05, 3.63) is 57.6 Å². The fraction of sp³-hybridized carbons (Fsp3) is 0.333. The van der Waals surface area contributed by atoms with Gasteiger partial charge in [-0.25, -0.2) is 0 Å². The van der Waals surface area contributed by atoms with E-state index in [0.29, 0.717) is 28.2 Å². The number of allylic oxidation sites excluding steroid dienone is 4. The van der Waals surface area contributed by atoms with E-state index in [1.165, 1.54) is 14.2 Å². The second kappa shape index (κ2) is 5.66. The molecule has 5 heteroatoms. The van der Waals surface area contributed by atoms with Gasteiger partial charge in [0.15, 0.2) is 5.78 Å². The summed E-state index contributed by atoms with van der Waals surface area (Å²) in [6, 6.07) is 0. The predicted octanol–water partition coefficient (Wildman–Crippen LogP) is 2.17. The number of hydrogen-bond donors (Lipinski definition) is 0. The van der Waals surface area contributed by atoms with E-state index in [1.54, 1.807) is 19.3 Å². The molecule has 0 saturated carbocycles. The maximum Gasteiger partial charge on any atom is 0.201 e. The van der Waals surface area contributed by atoms with Gasteiger partial charge in [-0.15, -0.1) is 0 Å². The number of rotatable bonds is 3. The maximum absolute atomic E-state index is 13.0. The van der Waals surface area contributed by atoms with Gasteiger partial charge in [0.1, 0.15) is 17.6 Å². The van der Waals surface area contributed by atoms with Crippen LogP contribution in [0.4, 0.5) is 0 Å². The smallest absolute Gasteiger partial charge is 0.201 e. The second-order valence-electron chi connectivity index (χ2n) is 5.61. The van der Waals surface area contributed by atoms with Gasteiger partial charge in [0.25, 0.3) is 0 Å². The molecule has 0 aliphatic heterocycles. The summed E-state index contributed by atoms with van der Waals surface area (Å²) in [7, 11) is 4.58. The third-order valence-electron chi connectivity index (χ3n) is 4.22. The molecule has 5 nitrogen and oxygen atoms in total. The molecule has 0 N–H and O–H groups in total. The van der Waals surface area contributed by atoms with Crippen molar-refractivity contribution in [2.24, 2.45) is 0 Å². The Kier molecular flexibility index (Phi) is 3.82. The molecule has 0 aromatic carbocycles. The molecule has 23 heavy (non-hydrogen) atoms. The Bertz CT molecular complexity index is 758. The van der Waals surface area contributed by atoms with Crippen molar-refractivity contribution < 1.29 is 23.8 Å². The van der Waals surface area contributed by atoms with Crippen LogP contribution in [0.5, 0.6) is 0 Å². The first-order chi connectivity index (χ1) is 11.0. The number of fused-ring (bicyclic) bond motifs is 1. The number of methoxy groups -OCH3 is 3. The first-order valence-corrected chi connectivity index (χ1v) is 7.31. The van der Waals surface area contributed by atoms with Crippen LogP contribution in [0.3, 0.4) is 0 Å². The average molecular weight is 314 g/mol. The molecule has 0 spiro atoms. The van der Waals surface area contributed by atoms with Gasteiger partial charge in [-0.05, 0) is 19.1 Å². The molecule has 0 amide bonds. The molecular weight excluding hydrogens is 296 g/mol. The molecule has 1 unspecified atom stereocenters. The Hall–Kier alpha value is -2.40. The molecule has 0 saturated heterocycles. The van der Waals surface area contributed by atoms with Gasteiger partial charge >= 0.3 is 0 Å². The van der Waals surface area contributed by atoms with Gasteiger partial charge in [0.05, 0.1) is 25.4 Å². The summed E-state index contributed by atoms with van der Waals surface area (Å²) in [5, 5.41) is 0. The first-order valence-electron chi connectivity index (χ1n) is 7.31. The summed E-state index contributed by atoms with van der Waals surface area (Å²) >= 11 is 0. The van der Waals surface area contributed by atoms with Crippen LogP contribution < -0.4 is 0 Å². The summed E-state index contributed by atoms with van der Waals surface area (Å²) in [6.45, 7) is 1.87. The number of Topliss-reactive ketones (excluding diaryl/α,β-unsaturated/α-hetero) is 2. The van der Waals surface area contributed by atoms with E-state index < -0.39 is 6.10 Å². The van der Waals surface area contributed by atoms with Gasteiger partial charge < -0.3 is 14.2 Å². The first kappa shape index (κ1) is 15.5. The van der Waals surface area contributed by atoms with Crippen LogP contribution in [0.1, 0.15) is 13.3 Å². The lowest BCUT2D eigenvalue weighted by Crippen LogP contribution is -2.32. The molecule has 0 bridgehead atoms. The van der Waals surface area contributed by atoms with Crippen LogP contribution >= 0.6 is 0 Å². The minimum atomic E-state index is -0.428. The molecule has 3 aliphatic rings. The largest absolute Gasteiger partial charge is 0.496 e. The van der Waals surface area contributed by atoms with E-state index in [0.717, 1.165) is 5.57 Å². The lowest BCUT2D eigenvalue weighted by molar-refractivity contribution is -0.119. The van der Waals surface area contributed by atoms with Crippen LogP contribution in [0.25, 0.3) is 0 Å².